The Kier molecular flexibility index (Phi) is 7.67. The van der Waals surface area contributed by atoms with Crippen molar-refractivity contribution in [2.75, 3.05) is 28.2 Å². The van der Waals surface area contributed by atoms with E-state index >= 15 is 0 Å². The van der Waals surface area contributed by atoms with Gasteiger partial charge in [-0.1, -0.05) is 53.7 Å². The smallest absolute Gasteiger partial charge is 0.323 e. The number of thioether (sulfide) groups is 1. The molecule has 1 fully saturated rings. The summed E-state index contributed by atoms with van der Waals surface area (Å²) in [5, 5.41) is 9.28. The summed E-state index contributed by atoms with van der Waals surface area (Å²) in [6.07, 6.45) is 0.966. The molecule has 0 saturated carbocycles. The van der Waals surface area contributed by atoms with Crippen molar-refractivity contribution in [3.8, 4) is 0 Å². The molecule has 5 rings (SSSR count). The zero-order valence-electron chi connectivity index (χ0n) is 20.5. The van der Waals surface area contributed by atoms with E-state index in [0.29, 0.717) is 28.3 Å². The first kappa shape index (κ1) is 25.8. The van der Waals surface area contributed by atoms with Crippen molar-refractivity contribution in [2.24, 2.45) is 4.99 Å². The summed E-state index contributed by atoms with van der Waals surface area (Å²) >= 11 is 7.50. The number of urea groups is 1. The van der Waals surface area contributed by atoms with E-state index in [1.54, 1.807) is 17.8 Å². The Hall–Kier alpha value is -3.82. The Bertz CT molecular complexity index is 1450. The van der Waals surface area contributed by atoms with Gasteiger partial charge in [0.1, 0.15) is 5.82 Å². The zero-order chi connectivity index (χ0) is 26.6. The molecule has 3 aromatic rings. The summed E-state index contributed by atoms with van der Waals surface area (Å²) in [6.45, 7) is 2.62. The molecule has 194 valence electrons. The molecule has 0 spiro atoms. The highest BCUT2D eigenvalue weighted by molar-refractivity contribution is 8.13. The molecule has 0 aliphatic carbocycles. The van der Waals surface area contributed by atoms with Crippen molar-refractivity contribution < 1.29 is 14.0 Å². The van der Waals surface area contributed by atoms with Gasteiger partial charge in [-0.05, 0) is 61.4 Å². The van der Waals surface area contributed by atoms with Gasteiger partial charge in [-0.25, -0.2) is 14.2 Å². The SMILES string of the molecule is CC1=C(C(=O)Nc2ccccc2)C(c2cccc(NC(=O)Nc3ccc(F)c(Cl)c3)c2)N2CCCSC2=N1. The Morgan fingerprint density at radius 3 is 2.47 bits per heavy atom. The van der Waals surface area contributed by atoms with Gasteiger partial charge in [0.2, 0.25) is 0 Å². The van der Waals surface area contributed by atoms with Gasteiger partial charge in [0, 0.05) is 29.4 Å². The van der Waals surface area contributed by atoms with Crippen LogP contribution in [0.1, 0.15) is 24.9 Å². The highest BCUT2D eigenvalue weighted by Gasteiger charge is 2.37. The molecule has 1 unspecified atom stereocenters. The quantitative estimate of drug-likeness (QED) is 0.323. The van der Waals surface area contributed by atoms with Crippen LogP contribution in [0.15, 0.2) is 89.1 Å². The van der Waals surface area contributed by atoms with E-state index in [0.717, 1.165) is 29.4 Å². The molecule has 2 aliphatic heterocycles. The van der Waals surface area contributed by atoms with Crippen LogP contribution in [0.4, 0.5) is 26.2 Å². The van der Waals surface area contributed by atoms with Crippen molar-refractivity contribution in [3.63, 3.8) is 0 Å². The number of amides is 3. The highest BCUT2D eigenvalue weighted by atomic mass is 35.5. The summed E-state index contributed by atoms with van der Waals surface area (Å²) in [7, 11) is 0. The fourth-order valence-corrected chi connectivity index (χ4v) is 5.68. The molecule has 7 nitrogen and oxygen atoms in total. The monoisotopic (exact) mass is 549 g/mol. The third-order valence-corrected chi connectivity index (χ3v) is 7.54. The summed E-state index contributed by atoms with van der Waals surface area (Å²) in [4.78, 5) is 33.1. The van der Waals surface area contributed by atoms with Crippen molar-refractivity contribution in [1.29, 1.82) is 0 Å². The van der Waals surface area contributed by atoms with Crippen LogP contribution in [0.2, 0.25) is 5.02 Å². The van der Waals surface area contributed by atoms with Gasteiger partial charge in [-0.3, -0.25) is 4.79 Å². The maximum absolute atomic E-state index is 13.6. The molecule has 38 heavy (non-hydrogen) atoms. The number of hydrogen-bond acceptors (Lipinski definition) is 5. The number of nitrogens with one attached hydrogen (secondary N) is 3. The predicted molar refractivity (Wildman–Crippen MR) is 152 cm³/mol. The van der Waals surface area contributed by atoms with Gasteiger partial charge in [-0.15, -0.1) is 0 Å². The molecular weight excluding hydrogens is 525 g/mol. The number of benzene rings is 3. The average molecular weight is 550 g/mol. The molecule has 1 saturated heterocycles. The summed E-state index contributed by atoms with van der Waals surface area (Å²) < 4.78 is 13.5. The lowest BCUT2D eigenvalue weighted by molar-refractivity contribution is -0.113. The molecule has 2 aliphatic rings. The lowest BCUT2D eigenvalue weighted by Gasteiger charge is -2.41. The standard InChI is InChI=1S/C28H25ClFN5O2S/c1-17-24(26(36)32-19-8-3-2-4-9-19)25(35-13-6-14-38-28(35)31-17)18-7-5-10-20(15-18)33-27(37)34-21-11-12-23(30)22(29)16-21/h2-5,7-12,15-16,25H,6,13-14H2,1H3,(H,32,36)(H2,33,34,37). The topological polar surface area (TPSA) is 85.8 Å². The number of allylic oxidation sites excluding steroid dienone is 1. The fourth-order valence-electron chi connectivity index (χ4n) is 4.48. The van der Waals surface area contributed by atoms with Crippen molar-refractivity contribution in [1.82, 2.24) is 4.90 Å². The number of halogens is 2. The van der Waals surface area contributed by atoms with Gasteiger partial charge in [-0.2, -0.15) is 0 Å². The molecule has 3 aromatic carbocycles. The van der Waals surface area contributed by atoms with Crippen LogP contribution in [0, 0.1) is 5.82 Å². The van der Waals surface area contributed by atoms with Crippen molar-refractivity contribution in [2.45, 2.75) is 19.4 Å². The van der Waals surface area contributed by atoms with Gasteiger partial charge in [0.25, 0.3) is 5.91 Å². The number of amidine groups is 1. The number of carbonyl (C=O) groups excluding carboxylic acids is 2. The first-order valence-corrected chi connectivity index (χ1v) is 13.4. The Balaban J connectivity index is 1.42. The van der Waals surface area contributed by atoms with E-state index in [1.807, 2.05) is 55.5 Å². The number of aliphatic imine (C=N–C) groups is 1. The molecule has 2 heterocycles. The van der Waals surface area contributed by atoms with Gasteiger partial charge >= 0.3 is 6.03 Å². The first-order chi connectivity index (χ1) is 18.4. The molecule has 10 heteroatoms. The zero-order valence-corrected chi connectivity index (χ0v) is 22.1. The van der Waals surface area contributed by atoms with Crippen LogP contribution in [-0.4, -0.2) is 34.3 Å². The molecule has 1 atom stereocenters. The highest BCUT2D eigenvalue weighted by Crippen LogP contribution is 2.40. The van der Waals surface area contributed by atoms with Gasteiger partial charge in [0.05, 0.1) is 22.3 Å². The van der Waals surface area contributed by atoms with Crippen LogP contribution < -0.4 is 16.0 Å². The minimum Gasteiger partial charge on any atom is -0.340 e. The predicted octanol–water partition coefficient (Wildman–Crippen LogP) is 6.89. The largest absolute Gasteiger partial charge is 0.340 e. The van der Waals surface area contributed by atoms with Crippen LogP contribution in [-0.2, 0) is 4.79 Å². The van der Waals surface area contributed by atoms with Gasteiger partial charge < -0.3 is 20.9 Å². The number of para-hydroxylation sites is 1. The van der Waals surface area contributed by atoms with Crippen molar-refractivity contribution in [3.05, 3.63) is 100 Å². The van der Waals surface area contributed by atoms with E-state index in [9.17, 15) is 14.0 Å². The Morgan fingerprint density at radius 2 is 1.71 bits per heavy atom. The molecular formula is C28H25ClFN5O2S. The second-order valence-corrected chi connectivity index (χ2v) is 10.3. The minimum absolute atomic E-state index is 0.0811. The number of rotatable bonds is 5. The maximum Gasteiger partial charge on any atom is 0.323 e. The average Bonchev–Trinajstić information content (AvgIpc) is 2.90. The number of carbonyl (C=O) groups is 2. The summed E-state index contributed by atoms with van der Waals surface area (Å²) in [5.74, 6) is 0.184. The normalized spacial score (nSPS) is 16.9. The van der Waals surface area contributed by atoms with Crippen molar-refractivity contribution >= 4 is 57.5 Å². The Morgan fingerprint density at radius 1 is 0.974 bits per heavy atom. The Labute approximate surface area is 229 Å². The van der Waals surface area contributed by atoms with Crippen LogP contribution in [0.25, 0.3) is 0 Å². The fraction of sp³-hybridized carbons (Fsp3) is 0.179. The molecule has 0 aromatic heterocycles. The van der Waals surface area contributed by atoms with E-state index in [1.165, 1.54) is 18.2 Å². The third-order valence-electron chi connectivity index (χ3n) is 6.17. The molecule has 0 bridgehead atoms. The minimum atomic E-state index is -0.563. The number of fused-ring (bicyclic) bond motifs is 1. The first-order valence-electron chi connectivity index (χ1n) is 12.1. The van der Waals surface area contributed by atoms with E-state index < -0.39 is 11.8 Å². The van der Waals surface area contributed by atoms with Crippen LogP contribution >= 0.6 is 23.4 Å². The summed E-state index contributed by atoms with van der Waals surface area (Å²) in [5.41, 5.74) is 3.67. The second kappa shape index (κ2) is 11.3. The number of nitrogens with zero attached hydrogens (tertiary/aromatic N) is 2. The number of hydrogen-bond donors (Lipinski definition) is 3. The van der Waals surface area contributed by atoms with Crippen LogP contribution in [0.3, 0.4) is 0 Å². The summed E-state index contributed by atoms with van der Waals surface area (Å²) in [6, 6.07) is 19.8. The van der Waals surface area contributed by atoms with E-state index in [2.05, 4.69) is 20.9 Å². The van der Waals surface area contributed by atoms with E-state index in [4.69, 9.17) is 16.6 Å². The maximum atomic E-state index is 13.6. The van der Waals surface area contributed by atoms with E-state index in [-0.39, 0.29) is 17.0 Å². The second-order valence-electron chi connectivity index (χ2n) is 8.85. The molecule has 3 N–H and O–H groups in total. The number of anilines is 3. The van der Waals surface area contributed by atoms with Crippen LogP contribution in [0.5, 0.6) is 0 Å². The molecule has 3 amide bonds. The lowest BCUT2D eigenvalue weighted by atomic mass is 9.93. The lowest BCUT2D eigenvalue weighted by Crippen LogP contribution is -2.43. The third kappa shape index (κ3) is 5.69. The molecule has 0 radical (unpaired) electrons. The van der Waals surface area contributed by atoms with Gasteiger partial charge in [0.15, 0.2) is 5.17 Å².